The molecule has 2 aromatic carbocycles. The van der Waals surface area contributed by atoms with Gasteiger partial charge in [-0.1, -0.05) is 18.2 Å². The summed E-state index contributed by atoms with van der Waals surface area (Å²) in [5.74, 6) is 2.27. The van der Waals surface area contributed by atoms with E-state index in [2.05, 4.69) is 34.5 Å². The molecule has 4 aliphatic heterocycles. The number of hydrogen-bond acceptors (Lipinski definition) is 6. The standard InChI is InChI=1S/C23H24N2O4.ClH/c26-22-12-27-20-10-19-17(9-21(20)29-22)23(14-28-19)13-25(11-15-5-7-24-8-6-15)18-4-2-1-3-16(18)23;/h1-4,9-10,15,24H,5-8,11-14H2;1H. The van der Waals surface area contributed by atoms with E-state index >= 15 is 0 Å². The monoisotopic (exact) mass is 428 g/mol. The molecule has 7 heteroatoms. The predicted octanol–water partition coefficient (Wildman–Crippen LogP) is 2.90. The molecule has 1 spiro atoms. The molecule has 0 bridgehead atoms. The Morgan fingerprint density at radius 1 is 1.03 bits per heavy atom. The van der Waals surface area contributed by atoms with Crippen LogP contribution in [0.3, 0.4) is 0 Å². The van der Waals surface area contributed by atoms with Gasteiger partial charge in [0.2, 0.25) is 0 Å². The number of benzene rings is 2. The van der Waals surface area contributed by atoms with Gasteiger partial charge >= 0.3 is 5.97 Å². The van der Waals surface area contributed by atoms with E-state index < -0.39 is 0 Å². The number of anilines is 1. The first-order valence-corrected chi connectivity index (χ1v) is 10.4. The Morgan fingerprint density at radius 3 is 2.73 bits per heavy atom. The molecule has 158 valence electrons. The van der Waals surface area contributed by atoms with E-state index in [0.717, 1.165) is 37.5 Å². The first-order chi connectivity index (χ1) is 14.2. The summed E-state index contributed by atoms with van der Waals surface area (Å²) in [6, 6.07) is 12.5. The second-order valence-electron chi connectivity index (χ2n) is 8.52. The fraction of sp³-hybridized carbons (Fsp3) is 0.435. The number of fused-ring (bicyclic) bond motifs is 5. The molecule has 1 saturated heterocycles. The summed E-state index contributed by atoms with van der Waals surface area (Å²) in [7, 11) is 0. The Morgan fingerprint density at radius 2 is 1.87 bits per heavy atom. The molecule has 0 aliphatic carbocycles. The highest BCUT2D eigenvalue weighted by molar-refractivity contribution is 5.85. The zero-order valence-corrected chi connectivity index (χ0v) is 17.5. The van der Waals surface area contributed by atoms with Crippen molar-refractivity contribution in [3.05, 3.63) is 47.5 Å². The van der Waals surface area contributed by atoms with Crippen molar-refractivity contribution in [3.63, 3.8) is 0 Å². The van der Waals surface area contributed by atoms with Gasteiger partial charge in [-0.25, -0.2) is 4.79 Å². The van der Waals surface area contributed by atoms with Gasteiger partial charge in [-0.2, -0.15) is 0 Å². The van der Waals surface area contributed by atoms with Gasteiger partial charge in [0.25, 0.3) is 0 Å². The summed E-state index contributed by atoms with van der Waals surface area (Å²) in [4.78, 5) is 14.3. The van der Waals surface area contributed by atoms with Crippen molar-refractivity contribution in [3.8, 4) is 17.2 Å². The lowest BCUT2D eigenvalue weighted by atomic mass is 9.77. The van der Waals surface area contributed by atoms with E-state index in [1.807, 2.05) is 12.1 Å². The third kappa shape index (κ3) is 2.93. The summed E-state index contributed by atoms with van der Waals surface area (Å²) in [5, 5.41) is 3.46. The number of ether oxygens (including phenoxy) is 3. The third-order valence-electron chi connectivity index (χ3n) is 6.76. The van der Waals surface area contributed by atoms with Gasteiger partial charge < -0.3 is 24.4 Å². The highest BCUT2D eigenvalue weighted by Gasteiger charge is 2.50. The molecule has 30 heavy (non-hydrogen) atoms. The SMILES string of the molecule is Cl.O=C1COc2cc3c(cc2O1)C1(CO3)CN(CC2CCNCC2)c2ccccc21. The van der Waals surface area contributed by atoms with Crippen LogP contribution in [0.2, 0.25) is 0 Å². The summed E-state index contributed by atoms with van der Waals surface area (Å²) in [6.45, 7) is 4.71. The molecule has 0 radical (unpaired) electrons. The molecule has 1 fully saturated rings. The van der Waals surface area contributed by atoms with Gasteiger partial charge in [-0.3, -0.25) is 0 Å². The van der Waals surface area contributed by atoms with Gasteiger partial charge in [-0.05, 0) is 49.5 Å². The van der Waals surface area contributed by atoms with Gasteiger partial charge in [0, 0.05) is 30.4 Å². The number of para-hydroxylation sites is 1. The van der Waals surface area contributed by atoms with Crippen LogP contribution in [0.4, 0.5) is 5.69 Å². The van der Waals surface area contributed by atoms with Crippen LogP contribution in [-0.4, -0.2) is 45.4 Å². The largest absolute Gasteiger partial charge is 0.492 e. The van der Waals surface area contributed by atoms with E-state index in [9.17, 15) is 4.79 Å². The van der Waals surface area contributed by atoms with Crippen molar-refractivity contribution >= 4 is 24.1 Å². The number of hydrogen-bond donors (Lipinski definition) is 1. The van der Waals surface area contributed by atoms with Crippen molar-refractivity contribution in [1.29, 1.82) is 0 Å². The zero-order valence-electron chi connectivity index (χ0n) is 16.7. The summed E-state index contributed by atoms with van der Waals surface area (Å²) in [6.07, 6.45) is 2.44. The van der Waals surface area contributed by atoms with Crippen LogP contribution in [0.25, 0.3) is 0 Å². The van der Waals surface area contributed by atoms with Crippen LogP contribution < -0.4 is 24.4 Å². The van der Waals surface area contributed by atoms with Crippen LogP contribution in [0.1, 0.15) is 24.0 Å². The number of piperidine rings is 1. The minimum absolute atomic E-state index is 0. The maximum Gasteiger partial charge on any atom is 0.349 e. The highest BCUT2D eigenvalue weighted by Crippen LogP contribution is 2.54. The van der Waals surface area contributed by atoms with E-state index in [-0.39, 0.29) is 30.4 Å². The Bertz CT molecular complexity index is 991. The fourth-order valence-corrected chi connectivity index (χ4v) is 5.34. The first-order valence-electron chi connectivity index (χ1n) is 10.4. The highest BCUT2D eigenvalue weighted by atomic mass is 35.5. The molecular weight excluding hydrogens is 404 g/mol. The maximum absolute atomic E-state index is 11.7. The zero-order chi connectivity index (χ0) is 19.4. The number of carbonyl (C=O) groups excluding carboxylic acids is 1. The third-order valence-corrected chi connectivity index (χ3v) is 6.76. The Balaban J connectivity index is 0.00000193. The molecule has 0 amide bonds. The van der Waals surface area contributed by atoms with Crippen molar-refractivity contribution in [2.75, 3.05) is 44.3 Å². The van der Waals surface area contributed by atoms with Crippen molar-refractivity contribution < 1.29 is 19.0 Å². The molecule has 0 saturated carbocycles. The maximum atomic E-state index is 11.7. The Labute approximate surface area is 181 Å². The van der Waals surface area contributed by atoms with E-state index in [1.165, 1.54) is 24.1 Å². The van der Waals surface area contributed by atoms with Crippen molar-refractivity contribution in [2.24, 2.45) is 5.92 Å². The topological polar surface area (TPSA) is 60.0 Å². The average molecular weight is 429 g/mol. The lowest BCUT2D eigenvalue weighted by Crippen LogP contribution is -2.40. The molecule has 4 heterocycles. The van der Waals surface area contributed by atoms with Crippen LogP contribution in [-0.2, 0) is 10.2 Å². The van der Waals surface area contributed by atoms with Crippen LogP contribution in [0, 0.1) is 5.92 Å². The molecule has 1 atom stereocenters. The van der Waals surface area contributed by atoms with Crippen molar-refractivity contribution in [1.82, 2.24) is 5.32 Å². The van der Waals surface area contributed by atoms with Crippen LogP contribution >= 0.6 is 12.4 Å². The first kappa shape index (κ1) is 19.5. The predicted molar refractivity (Wildman–Crippen MR) is 115 cm³/mol. The molecule has 6 rings (SSSR count). The molecular formula is C23H25ClN2O4. The van der Waals surface area contributed by atoms with Crippen LogP contribution in [0.5, 0.6) is 17.2 Å². The average Bonchev–Trinajstić information content (AvgIpc) is 3.26. The Kier molecular flexibility index (Phi) is 4.79. The number of nitrogens with one attached hydrogen (secondary N) is 1. The number of halogens is 1. The number of nitrogens with zero attached hydrogens (tertiary/aromatic N) is 1. The molecule has 0 aromatic heterocycles. The second kappa shape index (κ2) is 7.36. The Hall–Kier alpha value is -2.44. The van der Waals surface area contributed by atoms with Gasteiger partial charge in [0.1, 0.15) is 12.4 Å². The normalized spacial score (nSPS) is 24.3. The molecule has 6 nitrogen and oxygen atoms in total. The number of rotatable bonds is 2. The van der Waals surface area contributed by atoms with E-state index in [4.69, 9.17) is 14.2 Å². The number of esters is 1. The minimum Gasteiger partial charge on any atom is -0.492 e. The van der Waals surface area contributed by atoms with Gasteiger partial charge in [-0.15, -0.1) is 12.4 Å². The second-order valence-corrected chi connectivity index (χ2v) is 8.52. The smallest absolute Gasteiger partial charge is 0.349 e. The number of carbonyl (C=O) groups is 1. The van der Waals surface area contributed by atoms with Gasteiger partial charge in [0.05, 0.1) is 5.41 Å². The molecule has 1 N–H and O–H groups in total. The quantitative estimate of drug-likeness (QED) is 0.586. The summed E-state index contributed by atoms with van der Waals surface area (Å²) < 4.78 is 17.2. The lowest BCUT2D eigenvalue weighted by Gasteiger charge is -2.30. The minimum atomic E-state index is -0.357. The van der Waals surface area contributed by atoms with Gasteiger partial charge in [0.15, 0.2) is 18.1 Å². The molecule has 1 unspecified atom stereocenters. The van der Waals surface area contributed by atoms with Crippen LogP contribution in [0.15, 0.2) is 36.4 Å². The van der Waals surface area contributed by atoms with E-state index in [0.29, 0.717) is 24.0 Å². The van der Waals surface area contributed by atoms with Crippen molar-refractivity contribution in [2.45, 2.75) is 18.3 Å². The lowest BCUT2D eigenvalue weighted by molar-refractivity contribution is -0.138. The molecule has 4 aliphatic rings. The summed E-state index contributed by atoms with van der Waals surface area (Å²) in [5.41, 5.74) is 3.46. The fourth-order valence-electron chi connectivity index (χ4n) is 5.34. The van der Waals surface area contributed by atoms with E-state index in [1.54, 1.807) is 0 Å². The molecule has 2 aromatic rings. The summed E-state index contributed by atoms with van der Waals surface area (Å²) >= 11 is 0.